The van der Waals surface area contributed by atoms with Gasteiger partial charge in [-0.2, -0.15) is 0 Å². The number of rotatable bonds is 9. The third-order valence-corrected chi connectivity index (χ3v) is 6.16. The monoisotopic (exact) mass is 428 g/mol. The highest BCUT2D eigenvalue weighted by atomic mass is 16.5. The minimum atomic E-state index is -0.0128. The van der Waals surface area contributed by atoms with E-state index < -0.39 is 0 Å². The summed E-state index contributed by atoms with van der Waals surface area (Å²) in [7, 11) is 0. The SMILES string of the molecule is O=C(NCCC1CCN(Cc2ccccc2)CC1)c1ccc(OCc2ccccc2)cc1. The molecule has 0 bridgehead atoms. The summed E-state index contributed by atoms with van der Waals surface area (Å²) in [6, 6.07) is 28.1. The number of hydrogen-bond acceptors (Lipinski definition) is 3. The minimum absolute atomic E-state index is 0.0128. The lowest BCUT2D eigenvalue weighted by Crippen LogP contribution is -2.34. The van der Waals surface area contributed by atoms with Crippen LogP contribution in [0.1, 0.15) is 40.7 Å². The van der Waals surface area contributed by atoms with E-state index in [9.17, 15) is 4.79 Å². The van der Waals surface area contributed by atoms with Gasteiger partial charge in [0.1, 0.15) is 12.4 Å². The van der Waals surface area contributed by atoms with E-state index in [0.717, 1.165) is 43.9 Å². The van der Waals surface area contributed by atoms with E-state index in [1.165, 1.54) is 18.4 Å². The Balaban J connectivity index is 1.14. The fourth-order valence-corrected chi connectivity index (χ4v) is 4.21. The zero-order chi connectivity index (χ0) is 22.0. The maximum atomic E-state index is 12.5. The van der Waals surface area contributed by atoms with E-state index in [0.29, 0.717) is 18.1 Å². The number of ether oxygens (including phenoxy) is 1. The van der Waals surface area contributed by atoms with Gasteiger partial charge in [0.25, 0.3) is 5.91 Å². The molecule has 0 atom stereocenters. The van der Waals surface area contributed by atoms with Crippen molar-refractivity contribution in [2.24, 2.45) is 5.92 Å². The van der Waals surface area contributed by atoms with Crippen molar-refractivity contribution >= 4 is 5.91 Å². The van der Waals surface area contributed by atoms with Gasteiger partial charge in [0.2, 0.25) is 0 Å². The van der Waals surface area contributed by atoms with Crippen molar-refractivity contribution in [3.8, 4) is 5.75 Å². The van der Waals surface area contributed by atoms with Crippen molar-refractivity contribution in [2.45, 2.75) is 32.4 Å². The molecule has 4 heteroatoms. The van der Waals surface area contributed by atoms with Crippen LogP contribution in [0.2, 0.25) is 0 Å². The van der Waals surface area contributed by atoms with Crippen LogP contribution in [-0.4, -0.2) is 30.4 Å². The van der Waals surface area contributed by atoms with Crippen molar-refractivity contribution in [3.63, 3.8) is 0 Å². The van der Waals surface area contributed by atoms with Gasteiger partial charge in [-0.3, -0.25) is 9.69 Å². The summed E-state index contributed by atoms with van der Waals surface area (Å²) in [5.74, 6) is 1.45. The second-order valence-electron chi connectivity index (χ2n) is 8.55. The number of nitrogens with zero attached hydrogens (tertiary/aromatic N) is 1. The fourth-order valence-electron chi connectivity index (χ4n) is 4.21. The first-order chi connectivity index (χ1) is 15.8. The standard InChI is InChI=1S/C28H32N2O2/c31-28(26-11-13-27(14-12-26)32-22-25-9-5-2-6-10-25)29-18-15-23-16-19-30(20-17-23)21-24-7-3-1-4-8-24/h1-14,23H,15-22H2,(H,29,31). The van der Waals surface area contributed by atoms with Crippen LogP contribution in [0.4, 0.5) is 0 Å². The molecular weight excluding hydrogens is 396 g/mol. The van der Waals surface area contributed by atoms with Gasteiger partial charge in [-0.25, -0.2) is 0 Å². The van der Waals surface area contributed by atoms with E-state index >= 15 is 0 Å². The average Bonchev–Trinajstić information content (AvgIpc) is 2.85. The highest BCUT2D eigenvalue weighted by Crippen LogP contribution is 2.21. The van der Waals surface area contributed by atoms with Crippen LogP contribution in [0.25, 0.3) is 0 Å². The van der Waals surface area contributed by atoms with Gasteiger partial charge in [0, 0.05) is 18.7 Å². The molecule has 0 radical (unpaired) electrons. The molecule has 32 heavy (non-hydrogen) atoms. The van der Waals surface area contributed by atoms with Crippen LogP contribution >= 0.6 is 0 Å². The molecule has 4 nitrogen and oxygen atoms in total. The van der Waals surface area contributed by atoms with E-state index in [-0.39, 0.29) is 5.91 Å². The molecule has 1 amide bonds. The van der Waals surface area contributed by atoms with Crippen molar-refractivity contribution in [1.29, 1.82) is 0 Å². The number of nitrogens with one attached hydrogen (secondary N) is 1. The van der Waals surface area contributed by atoms with Gasteiger partial charge < -0.3 is 10.1 Å². The Bertz CT molecular complexity index is 950. The molecule has 0 saturated carbocycles. The summed E-state index contributed by atoms with van der Waals surface area (Å²) < 4.78 is 5.80. The molecule has 1 fully saturated rings. The second kappa shape index (κ2) is 11.5. The van der Waals surface area contributed by atoms with Gasteiger partial charge in [-0.05, 0) is 73.7 Å². The molecule has 0 spiro atoms. The van der Waals surface area contributed by atoms with Gasteiger partial charge >= 0.3 is 0 Å². The number of hydrogen-bond donors (Lipinski definition) is 1. The highest BCUT2D eigenvalue weighted by molar-refractivity contribution is 5.94. The van der Waals surface area contributed by atoms with E-state index in [1.807, 2.05) is 54.6 Å². The summed E-state index contributed by atoms with van der Waals surface area (Å²) in [5.41, 5.74) is 3.18. The Labute approximate surface area is 191 Å². The Morgan fingerprint density at radius 3 is 2.12 bits per heavy atom. The normalized spacial score (nSPS) is 14.8. The fraction of sp³-hybridized carbons (Fsp3) is 0.321. The molecule has 1 aliphatic heterocycles. The molecule has 4 rings (SSSR count). The third-order valence-electron chi connectivity index (χ3n) is 6.16. The first kappa shape index (κ1) is 22.1. The molecule has 166 valence electrons. The second-order valence-corrected chi connectivity index (χ2v) is 8.55. The molecule has 1 saturated heterocycles. The predicted octanol–water partition coefficient (Wildman–Crippen LogP) is 5.30. The lowest BCUT2D eigenvalue weighted by atomic mass is 9.93. The van der Waals surface area contributed by atoms with Gasteiger partial charge in [-0.15, -0.1) is 0 Å². The largest absolute Gasteiger partial charge is 0.489 e. The van der Waals surface area contributed by atoms with Crippen molar-refractivity contribution < 1.29 is 9.53 Å². The smallest absolute Gasteiger partial charge is 0.251 e. The van der Waals surface area contributed by atoms with Crippen molar-refractivity contribution in [3.05, 3.63) is 102 Å². The number of benzene rings is 3. The molecular formula is C28H32N2O2. The molecule has 1 heterocycles. The number of amides is 1. The first-order valence-electron chi connectivity index (χ1n) is 11.6. The van der Waals surface area contributed by atoms with E-state index in [2.05, 4.69) is 40.5 Å². The lowest BCUT2D eigenvalue weighted by molar-refractivity contribution is 0.0947. The Hall–Kier alpha value is -3.11. The number of carbonyl (C=O) groups excluding carboxylic acids is 1. The van der Waals surface area contributed by atoms with Crippen LogP contribution in [0.5, 0.6) is 5.75 Å². The van der Waals surface area contributed by atoms with E-state index in [1.54, 1.807) is 0 Å². The number of likely N-dealkylation sites (tertiary alicyclic amines) is 1. The average molecular weight is 429 g/mol. The molecule has 3 aromatic carbocycles. The maximum absolute atomic E-state index is 12.5. The Kier molecular flexibility index (Phi) is 7.94. The van der Waals surface area contributed by atoms with Crippen LogP contribution in [0.3, 0.4) is 0 Å². The van der Waals surface area contributed by atoms with Gasteiger partial charge in [0.05, 0.1) is 0 Å². The summed E-state index contributed by atoms with van der Waals surface area (Å²) in [6.45, 7) is 4.57. The zero-order valence-electron chi connectivity index (χ0n) is 18.6. The minimum Gasteiger partial charge on any atom is -0.489 e. The summed E-state index contributed by atoms with van der Waals surface area (Å²) in [5, 5.41) is 3.08. The van der Waals surface area contributed by atoms with Crippen LogP contribution in [-0.2, 0) is 13.2 Å². The summed E-state index contributed by atoms with van der Waals surface area (Å²) in [4.78, 5) is 15.0. The predicted molar refractivity (Wildman–Crippen MR) is 129 cm³/mol. The molecule has 0 unspecified atom stereocenters. The number of carbonyl (C=O) groups is 1. The Morgan fingerprint density at radius 2 is 1.47 bits per heavy atom. The van der Waals surface area contributed by atoms with Gasteiger partial charge in [-0.1, -0.05) is 60.7 Å². The van der Waals surface area contributed by atoms with Crippen LogP contribution < -0.4 is 10.1 Å². The van der Waals surface area contributed by atoms with Gasteiger partial charge in [0.15, 0.2) is 0 Å². The zero-order valence-corrected chi connectivity index (χ0v) is 18.6. The molecule has 0 aromatic heterocycles. The molecule has 1 aliphatic rings. The van der Waals surface area contributed by atoms with E-state index in [4.69, 9.17) is 4.74 Å². The highest BCUT2D eigenvalue weighted by Gasteiger charge is 2.19. The molecule has 3 aromatic rings. The quantitative estimate of drug-likeness (QED) is 0.503. The topological polar surface area (TPSA) is 41.6 Å². The van der Waals surface area contributed by atoms with Crippen molar-refractivity contribution in [1.82, 2.24) is 10.2 Å². The Morgan fingerprint density at radius 1 is 0.844 bits per heavy atom. The van der Waals surface area contributed by atoms with Crippen molar-refractivity contribution in [2.75, 3.05) is 19.6 Å². The summed E-state index contributed by atoms with van der Waals surface area (Å²) >= 11 is 0. The first-order valence-corrected chi connectivity index (χ1v) is 11.6. The van der Waals surface area contributed by atoms with Crippen LogP contribution in [0, 0.1) is 5.92 Å². The summed E-state index contributed by atoms with van der Waals surface area (Å²) in [6.07, 6.45) is 3.45. The molecule has 1 N–H and O–H groups in total. The lowest BCUT2D eigenvalue weighted by Gasteiger charge is -2.32. The third kappa shape index (κ3) is 6.69. The van der Waals surface area contributed by atoms with Crippen LogP contribution in [0.15, 0.2) is 84.9 Å². The maximum Gasteiger partial charge on any atom is 0.251 e. The number of piperidine rings is 1. The molecule has 0 aliphatic carbocycles.